The number of benzene rings is 1. The smallest absolute Gasteiger partial charge is 0.341 e. The van der Waals surface area contributed by atoms with Crippen LogP contribution in [0.4, 0.5) is 0 Å². The van der Waals surface area contributed by atoms with E-state index >= 15 is 0 Å². The van der Waals surface area contributed by atoms with E-state index in [0.717, 1.165) is 17.5 Å². The SMILES string of the molecule is CCOC(=O)c1cnn(-c2ccc(C=O)cc2C)c1. The summed E-state index contributed by atoms with van der Waals surface area (Å²) in [5, 5.41) is 4.13. The summed E-state index contributed by atoms with van der Waals surface area (Å²) in [6, 6.07) is 5.27. The van der Waals surface area contributed by atoms with Crippen LogP contribution in [-0.4, -0.2) is 28.6 Å². The summed E-state index contributed by atoms with van der Waals surface area (Å²) in [6.45, 7) is 3.97. The standard InChI is InChI=1S/C14H14N2O3/c1-3-19-14(18)12-7-15-16(8-12)13-5-4-11(9-17)6-10(13)2/h4-9H,3H2,1-2H3. The molecule has 0 amide bonds. The van der Waals surface area contributed by atoms with Gasteiger partial charge in [-0.2, -0.15) is 5.10 Å². The second kappa shape index (κ2) is 5.48. The van der Waals surface area contributed by atoms with Crippen LogP contribution in [0.15, 0.2) is 30.6 Å². The summed E-state index contributed by atoms with van der Waals surface area (Å²) in [4.78, 5) is 22.2. The van der Waals surface area contributed by atoms with Crippen molar-refractivity contribution in [2.45, 2.75) is 13.8 Å². The Morgan fingerprint density at radius 2 is 2.26 bits per heavy atom. The van der Waals surface area contributed by atoms with E-state index in [1.165, 1.54) is 6.20 Å². The van der Waals surface area contributed by atoms with E-state index in [-0.39, 0.29) is 0 Å². The molecular weight excluding hydrogens is 244 g/mol. The number of carbonyl (C=O) groups is 2. The molecule has 2 rings (SSSR count). The number of carbonyl (C=O) groups excluding carboxylic acids is 2. The van der Waals surface area contributed by atoms with Gasteiger partial charge in [0.25, 0.3) is 0 Å². The minimum Gasteiger partial charge on any atom is -0.462 e. The van der Waals surface area contributed by atoms with E-state index in [9.17, 15) is 9.59 Å². The first-order valence-corrected chi connectivity index (χ1v) is 5.93. The third-order valence-corrected chi connectivity index (χ3v) is 2.70. The molecule has 0 bridgehead atoms. The Labute approximate surface area is 110 Å². The van der Waals surface area contributed by atoms with Crippen LogP contribution in [0.5, 0.6) is 0 Å². The Kier molecular flexibility index (Phi) is 3.75. The number of aromatic nitrogens is 2. The third kappa shape index (κ3) is 2.70. The molecule has 0 unspecified atom stereocenters. The lowest BCUT2D eigenvalue weighted by atomic mass is 10.1. The minimum atomic E-state index is -0.393. The van der Waals surface area contributed by atoms with E-state index in [0.29, 0.717) is 17.7 Å². The van der Waals surface area contributed by atoms with Gasteiger partial charge >= 0.3 is 5.97 Å². The molecular formula is C14H14N2O3. The lowest BCUT2D eigenvalue weighted by Crippen LogP contribution is -2.03. The maximum Gasteiger partial charge on any atom is 0.341 e. The number of hydrogen-bond acceptors (Lipinski definition) is 4. The van der Waals surface area contributed by atoms with Crippen LogP contribution in [0.25, 0.3) is 5.69 Å². The molecule has 5 heteroatoms. The molecule has 0 fully saturated rings. The van der Waals surface area contributed by atoms with E-state index in [4.69, 9.17) is 4.74 Å². The molecule has 98 valence electrons. The summed E-state index contributed by atoms with van der Waals surface area (Å²) in [5.74, 6) is -0.393. The Hall–Kier alpha value is -2.43. The van der Waals surface area contributed by atoms with Gasteiger partial charge in [-0.05, 0) is 37.6 Å². The zero-order chi connectivity index (χ0) is 13.8. The van der Waals surface area contributed by atoms with Crippen molar-refractivity contribution in [3.8, 4) is 5.69 Å². The molecule has 0 saturated heterocycles. The first kappa shape index (κ1) is 13.0. The van der Waals surface area contributed by atoms with Gasteiger partial charge in [-0.3, -0.25) is 4.79 Å². The quantitative estimate of drug-likeness (QED) is 0.623. The van der Waals surface area contributed by atoms with Gasteiger partial charge in [-0.25, -0.2) is 9.48 Å². The average Bonchev–Trinajstić information content (AvgIpc) is 2.88. The largest absolute Gasteiger partial charge is 0.462 e. The molecule has 0 saturated carbocycles. The normalized spacial score (nSPS) is 10.2. The molecule has 1 aromatic carbocycles. The second-order valence-corrected chi connectivity index (χ2v) is 4.06. The number of aryl methyl sites for hydroxylation is 1. The van der Waals surface area contributed by atoms with Crippen LogP contribution < -0.4 is 0 Å². The Morgan fingerprint density at radius 3 is 2.89 bits per heavy atom. The molecule has 1 aromatic heterocycles. The zero-order valence-electron chi connectivity index (χ0n) is 10.8. The van der Waals surface area contributed by atoms with E-state index in [1.54, 1.807) is 36.0 Å². The highest BCUT2D eigenvalue weighted by Gasteiger charge is 2.11. The molecule has 5 nitrogen and oxygen atoms in total. The molecule has 0 N–H and O–H groups in total. The molecule has 2 aromatic rings. The number of esters is 1. The van der Waals surface area contributed by atoms with E-state index in [1.807, 2.05) is 6.92 Å². The van der Waals surface area contributed by atoms with Crippen molar-refractivity contribution in [3.05, 3.63) is 47.3 Å². The number of rotatable bonds is 4. The van der Waals surface area contributed by atoms with Crippen LogP contribution in [0, 0.1) is 6.92 Å². The fourth-order valence-electron chi connectivity index (χ4n) is 1.78. The average molecular weight is 258 g/mol. The van der Waals surface area contributed by atoms with Gasteiger partial charge in [0.1, 0.15) is 6.29 Å². The van der Waals surface area contributed by atoms with Crippen molar-refractivity contribution in [2.75, 3.05) is 6.61 Å². The summed E-state index contributed by atoms with van der Waals surface area (Å²) in [5.41, 5.74) is 2.74. The van der Waals surface area contributed by atoms with Crippen molar-refractivity contribution in [1.29, 1.82) is 0 Å². The minimum absolute atomic E-state index is 0.330. The van der Waals surface area contributed by atoms with Gasteiger partial charge in [0, 0.05) is 11.8 Å². The molecule has 1 heterocycles. The monoisotopic (exact) mass is 258 g/mol. The van der Waals surface area contributed by atoms with Gasteiger partial charge in [0.2, 0.25) is 0 Å². The first-order valence-electron chi connectivity index (χ1n) is 5.93. The van der Waals surface area contributed by atoms with E-state index < -0.39 is 5.97 Å². The summed E-state index contributed by atoms with van der Waals surface area (Å²) < 4.78 is 6.50. The van der Waals surface area contributed by atoms with Crippen LogP contribution in [0.3, 0.4) is 0 Å². The maximum atomic E-state index is 11.6. The number of nitrogens with zero attached hydrogens (tertiary/aromatic N) is 2. The summed E-state index contributed by atoms with van der Waals surface area (Å²) >= 11 is 0. The molecule has 19 heavy (non-hydrogen) atoms. The molecule has 0 aliphatic rings. The lowest BCUT2D eigenvalue weighted by molar-refractivity contribution is 0.0526. The highest BCUT2D eigenvalue weighted by molar-refractivity contribution is 5.88. The molecule has 0 radical (unpaired) electrons. The van der Waals surface area contributed by atoms with Gasteiger partial charge in [0.15, 0.2) is 0 Å². The molecule has 0 spiro atoms. The summed E-state index contributed by atoms with van der Waals surface area (Å²) in [6.07, 6.45) is 3.87. The van der Waals surface area contributed by atoms with Crippen molar-refractivity contribution >= 4 is 12.3 Å². The Balaban J connectivity index is 2.32. The topological polar surface area (TPSA) is 61.2 Å². The predicted molar refractivity (Wildman–Crippen MR) is 69.6 cm³/mol. The number of ether oxygens (including phenoxy) is 1. The van der Waals surface area contributed by atoms with Gasteiger partial charge in [-0.15, -0.1) is 0 Å². The summed E-state index contributed by atoms with van der Waals surface area (Å²) in [7, 11) is 0. The third-order valence-electron chi connectivity index (χ3n) is 2.70. The predicted octanol–water partition coefficient (Wildman–Crippen LogP) is 2.17. The molecule has 0 atom stereocenters. The second-order valence-electron chi connectivity index (χ2n) is 4.06. The van der Waals surface area contributed by atoms with Crippen molar-refractivity contribution in [3.63, 3.8) is 0 Å². The fraction of sp³-hybridized carbons (Fsp3) is 0.214. The van der Waals surface area contributed by atoms with Crippen molar-refractivity contribution < 1.29 is 14.3 Å². The highest BCUT2D eigenvalue weighted by atomic mass is 16.5. The fourth-order valence-corrected chi connectivity index (χ4v) is 1.78. The molecule has 0 aliphatic carbocycles. The van der Waals surface area contributed by atoms with Crippen LogP contribution >= 0.6 is 0 Å². The van der Waals surface area contributed by atoms with Crippen LogP contribution in [0.2, 0.25) is 0 Å². The zero-order valence-corrected chi connectivity index (χ0v) is 10.8. The maximum absolute atomic E-state index is 11.6. The highest BCUT2D eigenvalue weighted by Crippen LogP contribution is 2.15. The molecule has 0 aliphatic heterocycles. The van der Waals surface area contributed by atoms with Crippen molar-refractivity contribution in [2.24, 2.45) is 0 Å². The van der Waals surface area contributed by atoms with Crippen LogP contribution in [0.1, 0.15) is 33.2 Å². The van der Waals surface area contributed by atoms with Crippen molar-refractivity contribution in [1.82, 2.24) is 9.78 Å². The van der Waals surface area contributed by atoms with Crippen LogP contribution in [-0.2, 0) is 4.74 Å². The lowest BCUT2D eigenvalue weighted by Gasteiger charge is -2.05. The van der Waals surface area contributed by atoms with E-state index in [2.05, 4.69) is 5.10 Å². The number of hydrogen-bond donors (Lipinski definition) is 0. The van der Waals surface area contributed by atoms with Gasteiger partial charge < -0.3 is 4.74 Å². The van der Waals surface area contributed by atoms with Gasteiger partial charge in [-0.1, -0.05) is 0 Å². The number of aldehydes is 1. The first-order chi connectivity index (χ1) is 9.15. The Bertz CT molecular complexity index is 617. The van der Waals surface area contributed by atoms with Gasteiger partial charge in [0.05, 0.1) is 24.1 Å². The Morgan fingerprint density at radius 1 is 1.47 bits per heavy atom.